The highest BCUT2D eigenvalue weighted by Gasteiger charge is 2.30. The van der Waals surface area contributed by atoms with Crippen LogP contribution in [-0.2, 0) is 39.3 Å². The first-order valence-electron chi connectivity index (χ1n) is 9.98. The van der Waals surface area contributed by atoms with Crippen molar-refractivity contribution in [1.82, 2.24) is 14.0 Å². The first kappa shape index (κ1) is 21.1. The first-order chi connectivity index (χ1) is 14.7. The predicted molar refractivity (Wildman–Crippen MR) is 111 cm³/mol. The third kappa shape index (κ3) is 4.34. The largest absolute Gasteiger partial charge is 0.416 e. The lowest BCUT2D eigenvalue weighted by Gasteiger charge is -2.30. The van der Waals surface area contributed by atoms with Gasteiger partial charge in [-0.2, -0.15) is 13.2 Å². The molecule has 2 heterocycles. The zero-order valence-electron chi connectivity index (χ0n) is 17.0. The average molecular weight is 429 g/mol. The van der Waals surface area contributed by atoms with Crippen LogP contribution in [0.4, 0.5) is 13.2 Å². The average Bonchev–Trinajstić information content (AvgIpc) is 2.75. The smallest absolute Gasteiger partial charge is 0.300 e. The maximum absolute atomic E-state index is 13.2. The molecule has 0 fully saturated rings. The van der Waals surface area contributed by atoms with E-state index in [0.717, 1.165) is 22.3 Å². The van der Waals surface area contributed by atoms with E-state index in [9.17, 15) is 22.8 Å². The number of hydrogen-bond acceptors (Lipinski definition) is 3. The molecule has 162 valence electrons. The fourth-order valence-corrected chi connectivity index (χ4v) is 4.06. The van der Waals surface area contributed by atoms with Crippen molar-refractivity contribution in [1.29, 1.82) is 0 Å². The third-order valence-electron chi connectivity index (χ3n) is 5.66. The van der Waals surface area contributed by atoms with Crippen LogP contribution in [0.2, 0.25) is 0 Å². The highest BCUT2D eigenvalue weighted by atomic mass is 19.4. The van der Waals surface area contributed by atoms with Crippen molar-refractivity contribution in [2.45, 2.75) is 32.2 Å². The number of hydrogen-bond donors (Lipinski definition) is 0. The molecule has 0 saturated carbocycles. The van der Waals surface area contributed by atoms with E-state index in [4.69, 9.17) is 0 Å². The molecule has 0 amide bonds. The maximum atomic E-state index is 13.2. The van der Waals surface area contributed by atoms with Gasteiger partial charge in [0.1, 0.15) is 0 Å². The van der Waals surface area contributed by atoms with E-state index >= 15 is 0 Å². The molecule has 0 spiro atoms. The van der Waals surface area contributed by atoms with E-state index < -0.39 is 23.0 Å². The predicted octanol–water partition coefficient (Wildman–Crippen LogP) is 3.17. The molecular formula is C23H22F3N3O2. The molecule has 0 radical (unpaired) electrons. The summed E-state index contributed by atoms with van der Waals surface area (Å²) in [6.07, 6.45) is -3.92. The van der Waals surface area contributed by atoms with Gasteiger partial charge in [-0.05, 0) is 23.3 Å². The van der Waals surface area contributed by atoms with Crippen LogP contribution in [-0.4, -0.2) is 20.6 Å². The molecular weight excluding hydrogens is 407 g/mol. The van der Waals surface area contributed by atoms with Crippen LogP contribution >= 0.6 is 0 Å². The monoisotopic (exact) mass is 429 g/mol. The Morgan fingerprint density at radius 3 is 2.35 bits per heavy atom. The fraction of sp³-hybridized carbons (Fsp3) is 0.304. The molecule has 2 aromatic carbocycles. The lowest BCUT2D eigenvalue weighted by Crippen LogP contribution is -2.47. The quantitative estimate of drug-likeness (QED) is 0.640. The number of alkyl halides is 3. The van der Waals surface area contributed by atoms with Gasteiger partial charge in [-0.1, -0.05) is 42.5 Å². The van der Waals surface area contributed by atoms with Gasteiger partial charge in [0.05, 0.1) is 17.7 Å². The minimum atomic E-state index is -4.49. The van der Waals surface area contributed by atoms with Crippen molar-refractivity contribution in [3.05, 3.63) is 103 Å². The molecule has 0 unspecified atom stereocenters. The highest BCUT2D eigenvalue weighted by Crippen LogP contribution is 2.29. The fourth-order valence-electron chi connectivity index (χ4n) is 4.06. The van der Waals surface area contributed by atoms with E-state index in [1.165, 1.54) is 16.7 Å². The van der Waals surface area contributed by atoms with Gasteiger partial charge in [-0.25, -0.2) is 4.79 Å². The maximum Gasteiger partial charge on any atom is 0.416 e. The van der Waals surface area contributed by atoms with Crippen molar-refractivity contribution in [2.75, 3.05) is 6.54 Å². The van der Waals surface area contributed by atoms with Crippen molar-refractivity contribution in [3.8, 4) is 0 Å². The van der Waals surface area contributed by atoms with Crippen LogP contribution < -0.4 is 11.2 Å². The van der Waals surface area contributed by atoms with E-state index in [1.807, 2.05) is 30.3 Å². The zero-order valence-corrected chi connectivity index (χ0v) is 17.0. The standard InChI is InChI=1S/C23H22F3N3O2/c1-27-20-10-11-28(13-16-6-3-2-4-7-16)15-19(20)21(30)29(22(27)31)14-17-8-5-9-18(12-17)23(24,25)26/h2-9,12H,10-11,13-15H2,1H3. The first-order valence-corrected chi connectivity index (χ1v) is 9.98. The normalized spacial score (nSPS) is 14.5. The number of halogens is 3. The molecule has 3 aromatic rings. The second-order valence-corrected chi connectivity index (χ2v) is 7.80. The van der Waals surface area contributed by atoms with Crippen molar-refractivity contribution in [2.24, 2.45) is 7.05 Å². The van der Waals surface area contributed by atoms with Crippen molar-refractivity contribution in [3.63, 3.8) is 0 Å². The second kappa shape index (κ2) is 8.19. The van der Waals surface area contributed by atoms with E-state index in [-0.39, 0.29) is 12.1 Å². The second-order valence-electron chi connectivity index (χ2n) is 7.80. The summed E-state index contributed by atoms with van der Waals surface area (Å²) in [5.41, 5.74) is 0.842. The van der Waals surface area contributed by atoms with Crippen LogP contribution in [0.1, 0.15) is 27.9 Å². The Morgan fingerprint density at radius 1 is 0.935 bits per heavy atom. The van der Waals surface area contributed by atoms with Crippen molar-refractivity contribution >= 4 is 0 Å². The molecule has 1 aliphatic rings. The molecule has 31 heavy (non-hydrogen) atoms. The summed E-state index contributed by atoms with van der Waals surface area (Å²) in [6.45, 7) is 1.57. The van der Waals surface area contributed by atoms with Gasteiger partial charge in [-0.3, -0.25) is 14.3 Å². The van der Waals surface area contributed by atoms with Gasteiger partial charge in [0, 0.05) is 38.8 Å². The van der Waals surface area contributed by atoms with E-state index in [1.54, 1.807) is 7.05 Å². The molecule has 4 rings (SSSR count). The van der Waals surface area contributed by atoms with Gasteiger partial charge >= 0.3 is 11.9 Å². The molecule has 0 bridgehead atoms. The number of aromatic nitrogens is 2. The van der Waals surface area contributed by atoms with Gasteiger partial charge in [-0.15, -0.1) is 0 Å². The van der Waals surface area contributed by atoms with E-state index in [0.29, 0.717) is 37.3 Å². The summed E-state index contributed by atoms with van der Waals surface area (Å²) in [5.74, 6) is 0. The van der Waals surface area contributed by atoms with E-state index in [2.05, 4.69) is 4.90 Å². The zero-order chi connectivity index (χ0) is 22.2. The van der Waals surface area contributed by atoms with Crippen LogP contribution in [0, 0.1) is 0 Å². The number of benzene rings is 2. The Bertz CT molecular complexity index is 1210. The van der Waals surface area contributed by atoms with Crippen LogP contribution in [0.25, 0.3) is 0 Å². The SMILES string of the molecule is Cn1c2c(c(=O)n(Cc3cccc(C(F)(F)F)c3)c1=O)CN(Cc1ccccc1)CC2. The molecule has 0 atom stereocenters. The summed E-state index contributed by atoms with van der Waals surface area (Å²) in [5, 5.41) is 0. The summed E-state index contributed by atoms with van der Waals surface area (Å²) in [6, 6.07) is 14.6. The molecule has 8 heteroatoms. The minimum Gasteiger partial charge on any atom is -0.300 e. The molecule has 0 N–H and O–H groups in total. The summed E-state index contributed by atoms with van der Waals surface area (Å²) in [7, 11) is 1.61. The molecule has 0 saturated heterocycles. The minimum absolute atomic E-state index is 0.207. The topological polar surface area (TPSA) is 47.2 Å². The van der Waals surface area contributed by atoms with Crippen LogP contribution in [0.5, 0.6) is 0 Å². The Kier molecular flexibility index (Phi) is 5.58. The van der Waals surface area contributed by atoms with Crippen LogP contribution in [0.15, 0.2) is 64.2 Å². The third-order valence-corrected chi connectivity index (χ3v) is 5.66. The molecule has 1 aromatic heterocycles. The van der Waals surface area contributed by atoms with Gasteiger partial charge in [0.2, 0.25) is 0 Å². The molecule has 0 aliphatic carbocycles. The Balaban J connectivity index is 1.67. The number of nitrogens with zero attached hydrogens (tertiary/aromatic N) is 3. The van der Waals surface area contributed by atoms with Crippen LogP contribution in [0.3, 0.4) is 0 Å². The van der Waals surface area contributed by atoms with Gasteiger partial charge in [0.25, 0.3) is 5.56 Å². The molecule has 5 nitrogen and oxygen atoms in total. The summed E-state index contributed by atoms with van der Waals surface area (Å²) >= 11 is 0. The Morgan fingerprint density at radius 2 is 1.65 bits per heavy atom. The summed E-state index contributed by atoms with van der Waals surface area (Å²) in [4.78, 5) is 28.1. The number of fused-ring (bicyclic) bond motifs is 1. The highest BCUT2D eigenvalue weighted by molar-refractivity contribution is 5.27. The Labute approximate surface area is 177 Å². The lowest BCUT2D eigenvalue weighted by atomic mass is 10.0. The molecule has 1 aliphatic heterocycles. The van der Waals surface area contributed by atoms with Gasteiger partial charge in [0.15, 0.2) is 0 Å². The Hall–Kier alpha value is -3.13. The van der Waals surface area contributed by atoms with Crippen molar-refractivity contribution < 1.29 is 13.2 Å². The lowest BCUT2D eigenvalue weighted by molar-refractivity contribution is -0.137. The summed E-state index contributed by atoms with van der Waals surface area (Å²) < 4.78 is 41.6. The number of rotatable bonds is 4. The van der Waals surface area contributed by atoms with Gasteiger partial charge < -0.3 is 4.57 Å².